The predicted molar refractivity (Wildman–Crippen MR) is 127 cm³/mol. The number of hydrogen-bond acceptors (Lipinski definition) is 2. The van der Waals surface area contributed by atoms with Crippen LogP contribution in [-0.4, -0.2) is 13.2 Å². The number of fused-ring (bicyclic) bond motifs is 6. The first-order chi connectivity index (χ1) is 14.8. The predicted octanol–water partition coefficient (Wildman–Crippen LogP) is 7.61. The summed E-state index contributed by atoms with van der Waals surface area (Å²) in [5.41, 5.74) is 2.19. The molecular weight excluding hydrogens is 368 g/mol. The summed E-state index contributed by atoms with van der Waals surface area (Å²) >= 11 is 0. The highest BCUT2D eigenvalue weighted by atomic mass is 16.5. The molecule has 148 valence electrons. The average molecular weight is 392 g/mol. The third kappa shape index (κ3) is 3.05. The van der Waals surface area contributed by atoms with Gasteiger partial charge in [-0.15, -0.1) is 0 Å². The zero-order valence-electron chi connectivity index (χ0n) is 17.3. The molecule has 0 bridgehead atoms. The van der Waals surface area contributed by atoms with E-state index in [9.17, 15) is 0 Å². The van der Waals surface area contributed by atoms with E-state index in [1.54, 1.807) is 0 Å². The summed E-state index contributed by atoms with van der Waals surface area (Å²) < 4.78 is 11.7. The third-order valence-corrected chi connectivity index (χ3v) is 5.62. The van der Waals surface area contributed by atoms with Crippen molar-refractivity contribution in [1.82, 2.24) is 0 Å². The van der Waals surface area contributed by atoms with Crippen LogP contribution in [0.15, 0.2) is 84.9 Å². The lowest BCUT2D eigenvalue weighted by Crippen LogP contribution is -1.97. The Morgan fingerprint density at radius 1 is 0.533 bits per heavy atom. The summed E-state index contributed by atoms with van der Waals surface area (Å²) in [6.45, 7) is 5.29. The van der Waals surface area contributed by atoms with Crippen molar-refractivity contribution in [3.8, 4) is 22.6 Å². The van der Waals surface area contributed by atoms with Gasteiger partial charge in [-0.25, -0.2) is 0 Å². The number of benzene rings is 5. The van der Waals surface area contributed by atoms with E-state index in [1.165, 1.54) is 32.3 Å². The van der Waals surface area contributed by atoms with E-state index >= 15 is 0 Å². The van der Waals surface area contributed by atoms with Gasteiger partial charge < -0.3 is 9.47 Å². The van der Waals surface area contributed by atoms with E-state index < -0.39 is 0 Å². The molecule has 0 aliphatic heterocycles. The molecule has 0 spiro atoms. The monoisotopic (exact) mass is 392 g/mol. The molecule has 0 N–H and O–H groups in total. The van der Waals surface area contributed by atoms with Crippen LogP contribution in [0.1, 0.15) is 13.8 Å². The van der Waals surface area contributed by atoms with Crippen LogP contribution in [0.2, 0.25) is 0 Å². The second-order valence-corrected chi connectivity index (χ2v) is 7.38. The number of rotatable bonds is 5. The fraction of sp³-hybridized carbons (Fsp3) is 0.143. The van der Waals surface area contributed by atoms with Crippen molar-refractivity contribution < 1.29 is 9.47 Å². The van der Waals surface area contributed by atoms with Gasteiger partial charge in [0.2, 0.25) is 0 Å². The van der Waals surface area contributed by atoms with Crippen molar-refractivity contribution in [2.24, 2.45) is 0 Å². The Morgan fingerprint density at radius 3 is 1.70 bits per heavy atom. The zero-order valence-corrected chi connectivity index (χ0v) is 17.3. The minimum atomic E-state index is 0.627. The largest absolute Gasteiger partial charge is 0.494 e. The molecule has 5 aromatic rings. The molecular formula is C28H24O2. The quantitative estimate of drug-likeness (QED) is 0.287. The highest BCUT2D eigenvalue weighted by Gasteiger charge is 2.12. The lowest BCUT2D eigenvalue weighted by Gasteiger charge is -2.15. The molecule has 5 rings (SSSR count). The van der Waals surface area contributed by atoms with Crippen LogP contribution < -0.4 is 9.47 Å². The van der Waals surface area contributed by atoms with E-state index in [-0.39, 0.29) is 0 Å². The number of ether oxygens (including phenoxy) is 2. The summed E-state index contributed by atoms with van der Waals surface area (Å²) in [6.07, 6.45) is 0. The van der Waals surface area contributed by atoms with Crippen molar-refractivity contribution in [3.05, 3.63) is 84.9 Å². The molecule has 0 atom stereocenters. The summed E-state index contributed by atoms with van der Waals surface area (Å²) in [5.74, 6) is 1.74. The van der Waals surface area contributed by atoms with E-state index in [1.807, 2.05) is 26.0 Å². The third-order valence-electron chi connectivity index (χ3n) is 5.62. The molecule has 30 heavy (non-hydrogen) atoms. The van der Waals surface area contributed by atoms with Crippen molar-refractivity contribution in [2.75, 3.05) is 13.2 Å². The van der Waals surface area contributed by atoms with Gasteiger partial charge in [0.15, 0.2) is 0 Å². The van der Waals surface area contributed by atoms with Crippen LogP contribution in [0, 0.1) is 0 Å². The highest BCUT2D eigenvalue weighted by Crippen LogP contribution is 2.39. The van der Waals surface area contributed by atoms with E-state index in [0.29, 0.717) is 13.2 Å². The molecule has 0 aromatic heterocycles. The van der Waals surface area contributed by atoms with Gasteiger partial charge in [0, 0.05) is 5.56 Å². The van der Waals surface area contributed by atoms with Crippen molar-refractivity contribution in [1.29, 1.82) is 0 Å². The molecule has 5 aromatic carbocycles. The molecule has 0 unspecified atom stereocenters. The molecule has 0 saturated heterocycles. The SMILES string of the molecule is CCOc1ccc(OCC)c(-c2ccc3c4ccccc4c4ccccc4c3c2)c1. The maximum Gasteiger partial charge on any atom is 0.127 e. The summed E-state index contributed by atoms with van der Waals surface area (Å²) in [5, 5.41) is 7.66. The lowest BCUT2D eigenvalue weighted by molar-refractivity contribution is 0.331. The molecule has 0 saturated carbocycles. The van der Waals surface area contributed by atoms with Gasteiger partial charge in [0.05, 0.1) is 13.2 Å². The Bertz CT molecular complexity index is 1330. The van der Waals surface area contributed by atoms with Gasteiger partial charge in [-0.05, 0) is 76.0 Å². The van der Waals surface area contributed by atoms with Crippen LogP contribution in [0.3, 0.4) is 0 Å². The molecule has 0 radical (unpaired) electrons. The van der Waals surface area contributed by atoms with Crippen LogP contribution >= 0.6 is 0 Å². The van der Waals surface area contributed by atoms with Crippen molar-refractivity contribution in [3.63, 3.8) is 0 Å². The maximum absolute atomic E-state index is 5.94. The Kier molecular flexibility index (Phi) is 4.76. The summed E-state index contributed by atoms with van der Waals surface area (Å²) in [7, 11) is 0. The first kappa shape index (κ1) is 18.5. The molecule has 0 fully saturated rings. The Labute approximate surface area is 176 Å². The van der Waals surface area contributed by atoms with Crippen LogP contribution in [0.25, 0.3) is 43.4 Å². The van der Waals surface area contributed by atoms with Gasteiger partial charge >= 0.3 is 0 Å². The Hall–Kier alpha value is -3.52. The maximum atomic E-state index is 5.94. The minimum absolute atomic E-state index is 0.627. The zero-order chi connectivity index (χ0) is 20.5. The minimum Gasteiger partial charge on any atom is -0.494 e. The van der Waals surface area contributed by atoms with Crippen molar-refractivity contribution in [2.45, 2.75) is 13.8 Å². The Balaban J connectivity index is 1.82. The highest BCUT2D eigenvalue weighted by molar-refractivity contribution is 6.25. The summed E-state index contributed by atoms with van der Waals surface area (Å²) in [4.78, 5) is 0. The fourth-order valence-corrected chi connectivity index (χ4v) is 4.35. The van der Waals surface area contributed by atoms with Gasteiger partial charge in [-0.1, -0.05) is 60.7 Å². The number of hydrogen-bond donors (Lipinski definition) is 0. The molecule has 0 aliphatic rings. The first-order valence-corrected chi connectivity index (χ1v) is 10.5. The van der Waals surface area contributed by atoms with E-state index in [2.05, 4.69) is 72.8 Å². The van der Waals surface area contributed by atoms with Gasteiger partial charge in [0.1, 0.15) is 11.5 Å². The van der Waals surface area contributed by atoms with E-state index in [4.69, 9.17) is 9.47 Å². The lowest BCUT2D eigenvalue weighted by atomic mass is 9.92. The van der Waals surface area contributed by atoms with Gasteiger partial charge in [0.25, 0.3) is 0 Å². The topological polar surface area (TPSA) is 18.5 Å². The second-order valence-electron chi connectivity index (χ2n) is 7.38. The van der Waals surface area contributed by atoms with Crippen LogP contribution in [-0.2, 0) is 0 Å². The first-order valence-electron chi connectivity index (χ1n) is 10.5. The second kappa shape index (κ2) is 7.72. The smallest absolute Gasteiger partial charge is 0.127 e. The molecule has 0 aliphatic carbocycles. The van der Waals surface area contributed by atoms with Crippen LogP contribution in [0.4, 0.5) is 0 Å². The molecule has 2 heteroatoms. The van der Waals surface area contributed by atoms with Gasteiger partial charge in [-0.3, -0.25) is 0 Å². The summed E-state index contributed by atoms with van der Waals surface area (Å²) in [6, 6.07) is 30.1. The van der Waals surface area contributed by atoms with Crippen molar-refractivity contribution >= 4 is 32.3 Å². The Morgan fingerprint density at radius 2 is 1.10 bits per heavy atom. The van der Waals surface area contributed by atoms with E-state index in [0.717, 1.165) is 22.6 Å². The average Bonchev–Trinajstić information content (AvgIpc) is 2.80. The molecule has 0 amide bonds. The van der Waals surface area contributed by atoms with Crippen LogP contribution in [0.5, 0.6) is 11.5 Å². The molecule has 2 nitrogen and oxygen atoms in total. The van der Waals surface area contributed by atoms with Gasteiger partial charge in [-0.2, -0.15) is 0 Å². The molecule has 0 heterocycles. The normalized spacial score (nSPS) is 11.3. The fourth-order valence-electron chi connectivity index (χ4n) is 4.35. The standard InChI is InChI=1S/C28H24O2/c1-3-29-20-14-16-28(30-4-2)26(18-20)19-13-15-25-23-11-6-5-9-21(23)22-10-7-8-12-24(22)27(25)17-19/h5-18H,3-4H2,1-2H3.